The number of rotatable bonds is 6. The van der Waals surface area contributed by atoms with Crippen LogP contribution in [-0.4, -0.2) is 60.3 Å². The summed E-state index contributed by atoms with van der Waals surface area (Å²) in [5, 5.41) is 3.02. The van der Waals surface area contributed by atoms with Crippen molar-refractivity contribution in [3.63, 3.8) is 0 Å². The molecule has 2 saturated heterocycles. The minimum Gasteiger partial charge on any atom is -0.378 e. The first-order valence-electron chi connectivity index (χ1n) is 10.4. The van der Waals surface area contributed by atoms with Crippen molar-refractivity contribution in [3.05, 3.63) is 5.82 Å². The molecule has 3 heterocycles. The number of morpholine rings is 1. The summed E-state index contributed by atoms with van der Waals surface area (Å²) in [6.45, 7) is 5.30. The van der Waals surface area contributed by atoms with Crippen molar-refractivity contribution >= 4 is 17.8 Å². The SMILES string of the molecule is O=C(CC1CCCC1)NCc1nc(N2CCCC2)nc(N2CCOCC2)n1. The van der Waals surface area contributed by atoms with E-state index in [0.717, 1.165) is 32.1 Å². The Hall–Kier alpha value is -1.96. The summed E-state index contributed by atoms with van der Waals surface area (Å²) in [7, 11) is 0. The molecule has 0 bridgehead atoms. The van der Waals surface area contributed by atoms with Gasteiger partial charge in [0.2, 0.25) is 17.8 Å². The molecule has 0 atom stereocenters. The van der Waals surface area contributed by atoms with E-state index in [4.69, 9.17) is 9.72 Å². The number of nitrogens with zero attached hydrogens (tertiary/aromatic N) is 5. The fourth-order valence-corrected chi connectivity index (χ4v) is 4.16. The molecule has 0 radical (unpaired) electrons. The molecule has 1 aromatic heterocycles. The fraction of sp³-hybridized carbons (Fsp3) is 0.789. The van der Waals surface area contributed by atoms with Crippen LogP contribution in [0.4, 0.5) is 11.9 Å². The van der Waals surface area contributed by atoms with Gasteiger partial charge in [-0.1, -0.05) is 12.8 Å². The van der Waals surface area contributed by atoms with E-state index in [2.05, 4.69) is 25.1 Å². The minimum absolute atomic E-state index is 0.109. The molecule has 4 rings (SSSR count). The summed E-state index contributed by atoms with van der Waals surface area (Å²) in [6.07, 6.45) is 7.85. The van der Waals surface area contributed by atoms with Crippen molar-refractivity contribution in [2.75, 3.05) is 49.2 Å². The zero-order valence-electron chi connectivity index (χ0n) is 16.0. The molecule has 27 heavy (non-hydrogen) atoms. The van der Waals surface area contributed by atoms with E-state index in [1.54, 1.807) is 0 Å². The Balaban J connectivity index is 1.44. The van der Waals surface area contributed by atoms with Gasteiger partial charge in [-0.2, -0.15) is 15.0 Å². The van der Waals surface area contributed by atoms with Crippen LogP contribution in [0.1, 0.15) is 50.8 Å². The lowest BCUT2D eigenvalue weighted by Gasteiger charge is -2.28. The Morgan fingerprint density at radius 2 is 1.56 bits per heavy atom. The molecule has 148 valence electrons. The smallest absolute Gasteiger partial charge is 0.230 e. The summed E-state index contributed by atoms with van der Waals surface area (Å²) in [5.41, 5.74) is 0. The standard InChI is InChI=1S/C19H30N6O2/c26-17(13-15-5-1-2-6-15)20-14-16-21-18(24-7-3-4-8-24)23-19(22-16)25-9-11-27-12-10-25/h15H,1-14H2,(H,20,26). The van der Waals surface area contributed by atoms with Gasteiger partial charge in [0.25, 0.3) is 0 Å². The van der Waals surface area contributed by atoms with Crippen LogP contribution < -0.4 is 15.1 Å². The Bertz CT molecular complexity index is 637. The normalized spacial score (nSPS) is 21.0. The number of ether oxygens (including phenoxy) is 1. The van der Waals surface area contributed by atoms with Gasteiger partial charge < -0.3 is 19.9 Å². The van der Waals surface area contributed by atoms with Gasteiger partial charge in [-0.15, -0.1) is 0 Å². The molecule has 1 saturated carbocycles. The lowest BCUT2D eigenvalue weighted by atomic mass is 10.0. The summed E-state index contributed by atoms with van der Waals surface area (Å²) >= 11 is 0. The monoisotopic (exact) mass is 374 g/mol. The molecule has 1 aliphatic carbocycles. The largest absolute Gasteiger partial charge is 0.378 e. The van der Waals surface area contributed by atoms with Crippen LogP contribution in [0, 0.1) is 5.92 Å². The Labute approximate surface area is 160 Å². The highest BCUT2D eigenvalue weighted by Gasteiger charge is 2.22. The molecule has 8 heteroatoms. The zero-order valence-corrected chi connectivity index (χ0v) is 16.0. The molecule has 3 aliphatic rings. The second kappa shape index (κ2) is 8.82. The molecule has 1 N–H and O–H groups in total. The summed E-state index contributed by atoms with van der Waals surface area (Å²) in [6, 6.07) is 0. The predicted octanol–water partition coefficient (Wildman–Crippen LogP) is 1.50. The predicted molar refractivity (Wildman–Crippen MR) is 103 cm³/mol. The highest BCUT2D eigenvalue weighted by atomic mass is 16.5. The van der Waals surface area contributed by atoms with E-state index in [9.17, 15) is 4.79 Å². The Morgan fingerprint density at radius 3 is 2.22 bits per heavy atom. The first-order valence-corrected chi connectivity index (χ1v) is 10.4. The van der Waals surface area contributed by atoms with Crippen LogP contribution in [0.25, 0.3) is 0 Å². The second-order valence-electron chi connectivity index (χ2n) is 7.78. The molecular formula is C19H30N6O2. The average molecular weight is 374 g/mol. The molecule has 0 unspecified atom stereocenters. The maximum Gasteiger partial charge on any atom is 0.230 e. The number of aromatic nitrogens is 3. The third kappa shape index (κ3) is 4.86. The van der Waals surface area contributed by atoms with E-state index in [0.29, 0.717) is 43.9 Å². The molecule has 1 amide bonds. The van der Waals surface area contributed by atoms with Crippen LogP contribution >= 0.6 is 0 Å². The molecule has 0 spiro atoms. The number of nitrogens with one attached hydrogen (secondary N) is 1. The first-order chi connectivity index (χ1) is 13.3. The lowest BCUT2D eigenvalue weighted by molar-refractivity contribution is -0.122. The van der Waals surface area contributed by atoms with Gasteiger partial charge in [-0.05, 0) is 31.6 Å². The van der Waals surface area contributed by atoms with E-state index < -0.39 is 0 Å². The maximum absolute atomic E-state index is 12.3. The number of hydrogen-bond donors (Lipinski definition) is 1. The fourth-order valence-electron chi connectivity index (χ4n) is 4.16. The van der Waals surface area contributed by atoms with Crippen LogP contribution in [0.15, 0.2) is 0 Å². The number of carbonyl (C=O) groups excluding carboxylic acids is 1. The number of anilines is 2. The van der Waals surface area contributed by atoms with Crippen LogP contribution in [0.3, 0.4) is 0 Å². The van der Waals surface area contributed by atoms with Gasteiger partial charge in [0.05, 0.1) is 19.8 Å². The van der Waals surface area contributed by atoms with Gasteiger partial charge in [-0.3, -0.25) is 4.79 Å². The molecule has 3 fully saturated rings. The van der Waals surface area contributed by atoms with E-state index >= 15 is 0 Å². The van der Waals surface area contributed by atoms with Crippen molar-refractivity contribution in [1.82, 2.24) is 20.3 Å². The van der Waals surface area contributed by atoms with E-state index in [-0.39, 0.29) is 5.91 Å². The Kier molecular flexibility index (Phi) is 6.01. The van der Waals surface area contributed by atoms with Crippen LogP contribution in [-0.2, 0) is 16.1 Å². The van der Waals surface area contributed by atoms with Crippen molar-refractivity contribution < 1.29 is 9.53 Å². The minimum atomic E-state index is 0.109. The van der Waals surface area contributed by atoms with Gasteiger partial charge in [0.15, 0.2) is 5.82 Å². The quantitative estimate of drug-likeness (QED) is 0.808. The molecule has 2 aliphatic heterocycles. The third-order valence-electron chi connectivity index (χ3n) is 5.73. The number of carbonyl (C=O) groups is 1. The molecule has 8 nitrogen and oxygen atoms in total. The van der Waals surface area contributed by atoms with E-state index in [1.165, 1.54) is 38.5 Å². The van der Waals surface area contributed by atoms with Gasteiger partial charge in [0, 0.05) is 32.6 Å². The third-order valence-corrected chi connectivity index (χ3v) is 5.73. The summed E-state index contributed by atoms with van der Waals surface area (Å²) in [4.78, 5) is 30.6. The van der Waals surface area contributed by atoms with Crippen LogP contribution in [0.5, 0.6) is 0 Å². The van der Waals surface area contributed by atoms with Gasteiger partial charge >= 0.3 is 0 Å². The van der Waals surface area contributed by atoms with E-state index in [1.807, 2.05) is 0 Å². The maximum atomic E-state index is 12.3. The number of amides is 1. The highest BCUT2D eigenvalue weighted by molar-refractivity contribution is 5.76. The first kappa shape index (κ1) is 18.4. The van der Waals surface area contributed by atoms with Gasteiger partial charge in [-0.25, -0.2) is 0 Å². The zero-order chi connectivity index (χ0) is 18.5. The summed E-state index contributed by atoms with van der Waals surface area (Å²) < 4.78 is 5.44. The molecule has 0 aromatic carbocycles. The molecular weight excluding hydrogens is 344 g/mol. The van der Waals surface area contributed by atoms with Crippen molar-refractivity contribution in [2.24, 2.45) is 5.92 Å². The topological polar surface area (TPSA) is 83.5 Å². The second-order valence-corrected chi connectivity index (χ2v) is 7.78. The van der Waals surface area contributed by atoms with Gasteiger partial charge in [0.1, 0.15) is 0 Å². The van der Waals surface area contributed by atoms with Crippen molar-refractivity contribution in [3.8, 4) is 0 Å². The molecule has 1 aromatic rings. The average Bonchev–Trinajstić information content (AvgIpc) is 3.41. The summed E-state index contributed by atoms with van der Waals surface area (Å²) in [5.74, 6) is 2.75. The van der Waals surface area contributed by atoms with Crippen molar-refractivity contribution in [1.29, 1.82) is 0 Å². The Morgan fingerprint density at radius 1 is 0.926 bits per heavy atom. The van der Waals surface area contributed by atoms with Crippen molar-refractivity contribution in [2.45, 2.75) is 51.5 Å². The highest BCUT2D eigenvalue weighted by Crippen LogP contribution is 2.27. The lowest BCUT2D eigenvalue weighted by Crippen LogP contribution is -2.38. The van der Waals surface area contributed by atoms with Crippen LogP contribution in [0.2, 0.25) is 0 Å². The number of hydrogen-bond acceptors (Lipinski definition) is 7.